The van der Waals surface area contributed by atoms with E-state index in [-0.39, 0.29) is 19.2 Å². The summed E-state index contributed by atoms with van der Waals surface area (Å²) in [6.45, 7) is 4.17. The Morgan fingerprint density at radius 1 is 1.00 bits per heavy atom. The summed E-state index contributed by atoms with van der Waals surface area (Å²) >= 11 is 0. The molecule has 10 heteroatoms. The number of hydrogen-bond donors (Lipinski definition) is 0. The van der Waals surface area contributed by atoms with Gasteiger partial charge in [0.2, 0.25) is 18.5 Å². The van der Waals surface area contributed by atoms with Gasteiger partial charge in [0.25, 0.3) is 0 Å². The van der Waals surface area contributed by atoms with E-state index < -0.39 is 0 Å². The van der Waals surface area contributed by atoms with Crippen LogP contribution >= 0.6 is 0 Å². The SMILES string of the molecule is CN(C)c1ccc(-c2nnn(CC(=O)N3CCN(Cc4ccc5c(c4)OCO5)CC3)n2)cc1. The van der Waals surface area contributed by atoms with Gasteiger partial charge in [-0.2, -0.15) is 4.80 Å². The van der Waals surface area contributed by atoms with Crippen molar-refractivity contribution >= 4 is 11.6 Å². The highest BCUT2D eigenvalue weighted by molar-refractivity contribution is 5.76. The van der Waals surface area contributed by atoms with E-state index in [4.69, 9.17) is 9.47 Å². The third kappa shape index (κ3) is 4.75. The summed E-state index contributed by atoms with van der Waals surface area (Å²) in [6, 6.07) is 14.0. The minimum absolute atomic E-state index is 0.00429. The van der Waals surface area contributed by atoms with Crippen molar-refractivity contribution in [2.75, 3.05) is 52.0 Å². The topological polar surface area (TPSA) is 88.9 Å². The summed E-state index contributed by atoms with van der Waals surface area (Å²) in [6.07, 6.45) is 0. The van der Waals surface area contributed by atoms with Gasteiger partial charge in [0.15, 0.2) is 11.5 Å². The van der Waals surface area contributed by atoms with Crippen LogP contribution in [0.1, 0.15) is 5.56 Å². The Morgan fingerprint density at radius 3 is 2.52 bits per heavy atom. The van der Waals surface area contributed by atoms with Crippen LogP contribution in [-0.4, -0.2) is 83.0 Å². The number of rotatable bonds is 6. The zero-order chi connectivity index (χ0) is 22.8. The number of anilines is 1. The number of carbonyl (C=O) groups excluding carboxylic acids is 1. The van der Waals surface area contributed by atoms with Crippen molar-refractivity contribution in [3.05, 3.63) is 48.0 Å². The lowest BCUT2D eigenvalue weighted by Crippen LogP contribution is -2.49. The van der Waals surface area contributed by atoms with Crippen LogP contribution in [0.2, 0.25) is 0 Å². The molecule has 0 spiro atoms. The quantitative estimate of drug-likeness (QED) is 0.559. The van der Waals surface area contributed by atoms with Crippen LogP contribution < -0.4 is 14.4 Å². The van der Waals surface area contributed by atoms with Crippen molar-refractivity contribution in [2.45, 2.75) is 13.1 Å². The zero-order valence-corrected chi connectivity index (χ0v) is 18.8. The van der Waals surface area contributed by atoms with Gasteiger partial charge in [-0.25, -0.2) is 0 Å². The maximum atomic E-state index is 12.8. The second-order valence-electron chi connectivity index (χ2n) is 8.43. The highest BCUT2D eigenvalue weighted by atomic mass is 16.7. The van der Waals surface area contributed by atoms with Crippen LogP contribution in [0.5, 0.6) is 11.5 Å². The molecule has 2 aliphatic heterocycles. The minimum atomic E-state index is 0.00429. The first-order valence-electron chi connectivity index (χ1n) is 11.0. The molecule has 0 N–H and O–H groups in total. The van der Waals surface area contributed by atoms with Crippen molar-refractivity contribution in [3.63, 3.8) is 0 Å². The zero-order valence-electron chi connectivity index (χ0n) is 18.8. The standard InChI is InChI=1S/C23H27N7O3/c1-27(2)19-6-4-18(5-7-19)23-24-26-30(25-23)15-22(31)29-11-9-28(10-12-29)14-17-3-8-20-21(13-17)33-16-32-20/h3-8,13H,9-12,14-16H2,1-2H3. The average molecular weight is 450 g/mol. The summed E-state index contributed by atoms with van der Waals surface area (Å²) in [4.78, 5) is 20.4. The molecule has 10 nitrogen and oxygen atoms in total. The van der Waals surface area contributed by atoms with Crippen LogP contribution in [0, 0.1) is 0 Å². The number of amides is 1. The Hall–Kier alpha value is -3.66. The Morgan fingerprint density at radius 2 is 1.76 bits per heavy atom. The van der Waals surface area contributed by atoms with E-state index in [1.165, 1.54) is 10.4 Å². The molecule has 1 saturated heterocycles. The number of piperazine rings is 1. The van der Waals surface area contributed by atoms with E-state index in [1.807, 2.05) is 60.3 Å². The van der Waals surface area contributed by atoms with Crippen LogP contribution in [0.15, 0.2) is 42.5 Å². The third-order valence-corrected chi connectivity index (χ3v) is 5.94. The second-order valence-corrected chi connectivity index (χ2v) is 8.43. The van der Waals surface area contributed by atoms with Crippen molar-refractivity contribution in [1.29, 1.82) is 0 Å². The van der Waals surface area contributed by atoms with Crippen molar-refractivity contribution in [1.82, 2.24) is 30.0 Å². The van der Waals surface area contributed by atoms with E-state index >= 15 is 0 Å². The first kappa shape index (κ1) is 21.2. The van der Waals surface area contributed by atoms with Gasteiger partial charge < -0.3 is 19.3 Å². The minimum Gasteiger partial charge on any atom is -0.454 e. The van der Waals surface area contributed by atoms with E-state index in [0.717, 1.165) is 42.4 Å². The first-order chi connectivity index (χ1) is 16.0. The van der Waals surface area contributed by atoms with Gasteiger partial charge in [0.1, 0.15) is 6.54 Å². The number of aromatic nitrogens is 4. The lowest BCUT2D eigenvalue weighted by molar-refractivity contribution is -0.134. The van der Waals surface area contributed by atoms with Crippen LogP contribution in [-0.2, 0) is 17.9 Å². The van der Waals surface area contributed by atoms with Crippen LogP contribution in [0.4, 0.5) is 5.69 Å². The molecular formula is C23H27N7O3. The maximum absolute atomic E-state index is 12.8. The predicted molar refractivity (Wildman–Crippen MR) is 122 cm³/mol. The fraction of sp³-hybridized carbons (Fsp3) is 0.391. The van der Waals surface area contributed by atoms with Gasteiger partial charge in [-0.3, -0.25) is 9.69 Å². The average Bonchev–Trinajstić information content (AvgIpc) is 3.49. The third-order valence-electron chi connectivity index (χ3n) is 5.94. The summed E-state index contributed by atoms with van der Waals surface area (Å²) in [5, 5.41) is 12.6. The monoisotopic (exact) mass is 449 g/mol. The van der Waals surface area contributed by atoms with Crippen molar-refractivity contribution in [2.24, 2.45) is 0 Å². The number of carbonyl (C=O) groups is 1. The van der Waals surface area contributed by atoms with Crippen molar-refractivity contribution in [3.8, 4) is 22.9 Å². The number of benzene rings is 2. The molecule has 172 valence electrons. The van der Waals surface area contributed by atoms with Gasteiger partial charge in [0, 0.05) is 58.1 Å². The normalized spacial score (nSPS) is 15.6. The molecule has 0 radical (unpaired) electrons. The molecule has 33 heavy (non-hydrogen) atoms. The molecule has 3 heterocycles. The molecule has 0 saturated carbocycles. The number of hydrogen-bond acceptors (Lipinski definition) is 8. The van der Waals surface area contributed by atoms with E-state index in [0.29, 0.717) is 18.9 Å². The first-order valence-corrected chi connectivity index (χ1v) is 11.0. The molecule has 1 fully saturated rings. The molecule has 2 aromatic carbocycles. The van der Waals surface area contributed by atoms with Gasteiger partial charge in [-0.05, 0) is 47.2 Å². The smallest absolute Gasteiger partial charge is 0.246 e. The molecule has 1 aromatic heterocycles. The molecule has 5 rings (SSSR count). The Bertz CT molecular complexity index is 1120. The summed E-state index contributed by atoms with van der Waals surface area (Å²) in [5.41, 5.74) is 3.15. The molecule has 2 aliphatic rings. The molecule has 3 aromatic rings. The highest BCUT2D eigenvalue weighted by Gasteiger charge is 2.23. The Kier molecular flexibility index (Phi) is 5.82. The van der Waals surface area contributed by atoms with Gasteiger partial charge in [0.05, 0.1) is 0 Å². The number of tetrazole rings is 1. The lowest BCUT2D eigenvalue weighted by atomic mass is 10.1. The van der Waals surface area contributed by atoms with Crippen LogP contribution in [0.3, 0.4) is 0 Å². The molecule has 0 aliphatic carbocycles. The molecular weight excluding hydrogens is 422 g/mol. The summed E-state index contributed by atoms with van der Waals surface area (Å²) in [5.74, 6) is 2.12. The Labute approximate surface area is 192 Å². The molecule has 0 atom stereocenters. The van der Waals surface area contributed by atoms with Gasteiger partial charge >= 0.3 is 0 Å². The second kappa shape index (κ2) is 9.07. The Balaban J connectivity index is 1.12. The van der Waals surface area contributed by atoms with Crippen molar-refractivity contribution < 1.29 is 14.3 Å². The fourth-order valence-corrected chi connectivity index (χ4v) is 4.01. The lowest BCUT2D eigenvalue weighted by Gasteiger charge is -2.34. The van der Waals surface area contributed by atoms with E-state index in [1.54, 1.807) is 0 Å². The highest BCUT2D eigenvalue weighted by Crippen LogP contribution is 2.32. The number of nitrogens with zero attached hydrogens (tertiary/aromatic N) is 7. The predicted octanol–water partition coefficient (Wildman–Crippen LogP) is 1.48. The van der Waals surface area contributed by atoms with Crippen LogP contribution in [0.25, 0.3) is 11.4 Å². The van der Waals surface area contributed by atoms with E-state index in [9.17, 15) is 4.79 Å². The molecule has 0 unspecified atom stereocenters. The number of fused-ring (bicyclic) bond motifs is 1. The maximum Gasteiger partial charge on any atom is 0.246 e. The van der Waals surface area contributed by atoms with Gasteiger partial charge in [-0.15, -0.1) is 10.2 Å². The molecule has 1 amide bonds. The summed E-state index contributed by atoms with van der Waals surface area (Å²) < 4.78 is 10.8. The van der Waals surface area contributed by atoms with Gasteiger partial charge in [-0.1, -0.05) is 6.07 Å². The molecule has 0 bridgehead atoms. The fourth-order valence-electron chi connectivity index (χ4n) is 4.01. The van der Waals surface area contributed by atoms with E-state index in [2.05, 4.69) is 26.4 Å². The number of ether oxygens (including phenoxy) is 2. The summed E-state index contributed by atoms with van der Waals surface area (Å²) in [7, 11) is 3.98. The largest absolute Gasteiger partial charge is 0.454 e.